The summed E-state index contributed by atoms with van der Waals surface area (Å²) in [5.41, 5.74) is 3.67. The van der Waals surface area contributed by atoms with Crippen molar-refractivity contribution in [2.75, 3.05) is 31.1 Å². The number of piperazine rings is 1. The first-order chi connectivity index (χ1) is 12.5. The summed E-state index contributed by atoms with van der Waals surface area (Å²) in [5.74, 6) is 0.845. The molecule has 1 aliphatic carbocycles. The number of amides is 1. The Hall–Kier alpha value is -1.65. The number of thiol groups is 1. The van der Waals surface area contributed by atoms with Gasteiger partial charge in [0.1, 0.15) is 0 Å². The van der Waals surface area contributed by atoms with E-state index in [9.17, 15) is 4.79 Å². The van der Waals surface area contributed by atoms with E-state index in [0.29, 0.717) is 11.8 Å². The van der Waals surface area contributed by atoms with E-state index in [1.54, 1.807) is 0 Å². The van der Waals surface area contributed by atoms with Gasteiger partial charge in [-0.25, -0.2) is 0 Å². The first-order valence-corrected chi connectivity index (χ1v) is 9.94. The zero-order chi connectivity index (χ0) is 18.3. The summed E-state index contributed by atoms with van der Waals surface area (Å²) < 4.78 is 0. The topological polar surface area (TPSA) is 23.6 Å². The molecule has 136 valence electrons. The van der Waals surface area contributed by atoms with Gasteiger partial charge >= 0.3 is 0 Å². The van der Waals surface area contributed by atoms with Crippen LogP contribution in [0.15, 0.2) is 47.4 Å². The number of rotatable bonds is 3. The average molecular weight is 387 g/mol. The molecule has 1 saturated carbocycles. The van der Waals surface area contributed by atoms with Crippen molar-refractivity contribution in [1.82, 2.24) is 4.90 Å². The van der Waals surface area contributed by atoms with Crippen LogP contribution in [-0.4, -0.2) is 37.0 Å². The molecular weight excluding hydrogens is 364 g/mol. The molecule has 0 N–H and O–H groups in total. The summed E-state index contributed by atoms with van der Waals surface area (Å²) in [4.78, 5) is 18.2. The number of aryl methyl sites for hydroxylation is 1. The molecule has 0 aromatic heterocycles. The van der Waals surface area contributed by atoms with E-state index in [2.05, 4.69) is 42.7 Å². The van der Waals surface area contributed by atoms with Crippen molar-refractivity contribution < 1.29 is 4.79 Å². The highest BCUT2D eigenvalue weighted by atomic mass is 35.5. The highest BCUT2D eigenvalue weighted by Crippen LogP contribution is 2.48. The molecule has 4 rings (SSSR count). The van der Waals surface area contributed by atoms with Gasteiger partial charge in [-0.15, -0.1) is 12.6 Å². The van der Waals surface area contributed by atoms with Crippen LogP contribution in [-0.2, 0) is 4.79 Å². The second kappa shape index (κ2) is 7.16. The molecule has 2 aliphatic rings. The van der Waals surface area contributed by atoms with E-state index in [1.165, 1.54) is 16.8 Å². The van der Waals surface area contributed by atoms with Crippen molar-refractivity contribution in [2.45, 2.75) is 24.2 Å². The predicted molar refractivity (Wildman–Crippen MR) is 110 cm³/mol. The molecular formula is C21H23ClN2OS. The molecule has 0 bridgehead atoms. The Bertz CT molecular complexity index is 815. The van der Waals surface area contributed by atoms with E-state index in [0.717, 1.165) is 42.5 Å². The van der Waals surface area contributed by atoms with Crippen LogP contribution in [0, 0.1) is 12.8 Å². The van der Waals surface area contributed by atoms with Crippen LogP contribution < -0.4 is 4.90 Å². The molecule has 2 aromatic carbocycles. The third-order valence-corrected chi connectivity index (χ3v) is 6.07. The number of hydrogen-bond donors (Lipinski definition) is 1. The lowest BCUT2D eigenvalue weighted by Gasteiger charge is -2.37. The molecule has 1 unspecified atom stereocenters. The van der Waals surface area contributed by atoms with Gasteiger partial charge in [0.25, 0.3) is 0 Å². The second-order valence-corrected chi connectivity index (χ2v) is 8.24. The molecule has 2 atom stereocenters. The Morgan fingerprint density at radius 1 is 1.08 bits per heavy atom. The second-order valence-electron chi connectivity index (χ2n) is 7.28. The van der Waals surface area contributed by atoms with Crippen molar-refractivity contribution in [2.24, 2.45) is 5.92 Å². The lowest BCUT2D eigenvalue weighted by atomic mass is 10.1. The number of nitrogens with zero attached hydrogens (tertiary/aromatic N) is 2. The van der Waals surface area contributed by atoms with Crippen LogP contribution in [0.2, 0.25) is 5.02 Å². The minimum atomic E-state index is 0.153. The Kier molecular flexibility index (Phi) is 4.89. The molecule has 5 heteroatoms. The third kappa shape index (κ3) is 3.58. The van der Waals surface area contributed by atoms with Crippen LogP contribution >= 0.6 is 24.2 Å². The normalized spacial score (nSPS) is 22.4. The number of anilines is 1. The monoisotopic (exact) mass is 386 g/mol. The Balaban J connectivity index is 1.36. The Labute approximate surface area is 165 Å². The zero-order valence-electron chi connectivity index (χ0n) is 14.9. The highest BCUT2D eigenvalue weighted by Gasteiger charge is 2.46. The maximum Gasteiger partial charge on any atom is 0.226 e. The van der Waals surface area contributed by atoms with E-state index < -0.39 is 0 Å². The third-order valence-electron chi connectivity index (χ3n) is 5.53. The molecule has 2 aromatic rings. The van der Waals surface area contributed by atoms with Crippen LogP contribution in [0.1, 0.15) is 23.5 Å². The maximum absolute atomic E-state index is 12.8. The fourth-order valence-corrected chi connectivity index (χ4v) is 4.20. The van der Waals surface area contributed by atoms with Crippen LogP contribution in [0.5, 0.6) is 0 Å². The SMILES string of the molecule is Cc1ccc(Cl)cc1N1CCN(C(=O)[C@H]2CC2c2ccc(S)cc2)CC1. The van der Waals surface area contributed by atoms with Gasteiger partial charge in [-0.1, -0.05) is 29.8 Å². The van der Waals surface area contributed by atoms with Crippen molar-refractivity contribution in [3.05, 3.63) is 58.6 Å². The van der Waals surface area contributed by atoms with E-state index in [4.69, 9.17) is 11.6 Å². The lowest BCUT2D eigenvalue weighted by molar-refractivity contribution is -0.132. The van der Waals surface area contributed by atoms with Gasteiger partial charge in [-0.2, -0.15) is 0 Å². The van der Waals surface area contributed by atoms with Crippen molar-refractivity contribution >= 4 is 35.8 Å². The molecule has 2 fully saturated rings. The maximum atomic E-state index is 12.8. The zero-order valence-corrected chi connectivity index (χ0v) is 16.5. The lowest BCUT2D eigenvalue weighted by Crippen LogP contribution is -2.49. The molecule has 1 saturated heterocycles. The fourth-order valence-electron chi connectivity index (χ4n) is 3.88. The average Bonchev–Trinajstić information content (AvgIpc) is 3.45. The van der Waals surface area contributed by atoms with Crippen molar-refractivity contribution in [1.29, 1.82) is 0 Å². The van der Waals surface area contributed by atoms with Gasteiger partial charge in [0.15, 0.2) is 0 Å². The predicted octanol–water partition coefficient (Wildman–Crippen LogP) is 4.39. The molecule has 1 aliphatic heterocycles. The first kappa shape index (κ1) is 17.7. The smallest absolute Gasteiger partial charge is 0.226 e. The number of benzene rings is 2. The fraction of sp³-hybridized carbons (Fsp3) is 0.381. The summed E-state index contributed by atoms with van der Waals surface area (Å²) in [6.07, 6.45) is 0.971. The van der Waals surface area contributed by atoms with Crippen LogP contribution in [0.25, 0.3) is 0 Å². The molecule has 0 radical (unpaired) electrons. The van der Waals surface area contributed by atoms with E-state index in [1.807, 2.05) is 29.2 Å². The van der Waals surface area contributed by atoms with Gasteiger partial charge in [0.2, 0.25) is 5.91 Å². The molecule has 3 nitrogen and oxygen atoms in total. The Morgan fingerprint density at radius 2 is 1.77 bits per heavy atom. The number of halogens is 1. The van der Waals surface area contributed by atoms with Gasteiger partial charge < -0.3 is 9.80 Å². The van der Waals surface area contributed by atoms with Gasteiger partial charge in [0, 0.05) is 47.7 Å². The van der Waals surface area contributed by atoms with E-state index in [-0.39, 0.29) is 5.92 Å². The summed E-state index contributed by atoms with van der Waals surface area (Å²) in [6, 6.07) is 14.2. The van der Waals surface area contributed by atoms with E-state index >= 15 is 0 Å². The molecule has 0 spiro atoms. The number of hydrogen-bond acceptors (Lipinski definition) is 3. The first-order valence-electron chi connectivity index (χ1n) is 9.12. The molecule has 1 heterocycles. The van der Waals surface area contributed by atoms with Crippen molar-refractivity contribution in [3.63, 3.8) is 0 Å². The van der Waals surface area contributed by atoms with Crippen LogP contribution in [0.4, 0.5) is 5.69 Å². The van der Waals surface area contributed by atoms with Gasteiger partial charge in [-0.05, 0) is 54.7 Å². The summed E-state index contributed by atoms with van der Waals surface area (Å²) >= 11 is 10.5. The largest absolute Gasteiger partial charge is 0.368 e. The van der Waals surface area contributed by atoms with Crippen LogP contribution in [0.3, 0.4) is 0 Å². The molecule has 1 amide bonds. The standard InChI is InChI=1S/C21H23ClN2OS/c1-14-2-5-16(22)12-20(14)23-8-10-24(11-9-23)21(25)19-13-18(19)15-3-6-17(26)7-4-15/h2-7,12,18-19,26H,8-11,13H2,1H3/t18?,19-/m0/s1. The minimum Gasteiger partial charge on any atom is -0.368 e. The summed E-state index contributed by atoms with van der Waals surface area (Å²) in [7, 11) is 0. The summed E-state index contributed by atoms with van der Waals surface area (Å²) in [6.45, 7) is 5.39. The van der Waals surface area contributed by atoms with Gasteiger partial charge in [0.05, 0.1) is 0 Å². The molecule has 26 heavy (non-hydrogen) atoms. The highest BCUT2D eigenvalue weighted by molar-refractivity contribution is 7.80. The number of carbonyl (C=O) groups excluding carboxylic acids is 1. The van der Waals surface area contributed by atoms with Crippen molar-refractivity contribution in [3.8, 4) is 0 Å². The summed E-state index contributed by atoms with van der Waals surface area (Å²) in [5, 5.41) is 0.761. The quantitative estimate of drug-likeness (QED) is 0.791. The minimum absolute atomic E-state index is 0.153. The number of carbonyl (C=O) groups is 1. The van der Waals surface area contributed by atoms with Gasteiger partial charge in [-0.3, -0.25) is 4.79 Å². The Morgan fingerprint density at radius 3 is 2.46 bits per heavy atom.